The van der Waals surface area contributed by atoms with Crippen LogP contribution in [0.5, 0.6) is 5.75 Å². The Kier molecular flexibility index (Phi) is 8.25. The molecule has 0 saturated carbocycles. The second-order valence-electron chi connectivity index (χ2n) is 8.49. The molecule has 0 aliphatic heterocycles. The molecule has 0 aliphatic carbocycles. The van der Waals surface area contributed by atoms with Crippen LogP contribution in [-0.2, 0) is 22.7 Å². The van der Waals surface area contributed by atoms with E-state index in [1.807, 2.05) is 99.6 Å². The van der Waals surface area contributed by atoms with Gasteiger partial charge in [0.1, 0.15) is 11.8 Å². The summed E-state index contributed by atoms with van der Waals surface area (Å²) in [6.45, 7) is 6.46. The maximum absolute atomic E-state index is 13.5. The van der Waals surface area contributed by atoms with Crippen LogP contribution in [0, 0.1) is 12.8 Å². The molecule has 0 bridgehead atoms. The quantitative estimate of drug-likeness (QED) is 0.503. The summed E-state index contributed by atoms with van der Waals surface area (Å²) >= 11 is 0. The van der Waals surface area contributed by atoms with Crippen molar-refractivity contribution in [3.8, 4) is 5.75 Å². The number of rotatable bonds is 9. The standard InChI is InChI=1S/C28H32N2O3/c1-20(2)28(32)30(19-23-14-16-25(33-4)17-15-23)26(24-8-6-5-7-9-24)27(31)29-18-22-12-10-21(3)11-13-22/h5-17,20,26H,18-19H2,1-4H3,(H,29,31)/t26-/m0/s1. The van der Waals surface area contributed by atoms with Crippen molar-refractivity contribution >= 4 is 11.8 Å². The largest absolute Gasteiger partial charge is 0.497 e. The Bertz CT molecular complexity index is 1040. The van der Waals surface area contributed by atoms with Crippen LogP contribution >= 0.6 is 0 Å². The Morgan fingerprint density at radius 2 is 1.48 bits per heavy atom. The average Bonchev–Trinajstić information content (AvgIpc) is 2.84. The molecule has 0 aliphatic rings. The normalized spacial score (nSPS) is 11.7. The lowest BCUT2D eigenvalue weighted by Gasteiger charge is -2.33. The SMILES string of the molecule is COc1ccc(CN(C(=O)C(C)C)[C@H](C(=O)NCc2ccc(C)cc2)c2ccccc2)cc1. The average molecular weight is 445 g/mol. The van der Waals surface area contributed by atoms with E-state index < -0.39 is 6.04 Å². The lowest BCUT2D eigenvalue weighted by molar-refractivity contribution is -0.144. The van der Waals surface area contributed by atoms with Crippen molar-refractivity contribution < 1.29 is 14.3 Å². The first-order valence-corrected chi connectivity index (χ1v) is 11.2. The number of aryl methyl sites for hydroxylation is 1. The first-order chi connectivity index (χ1) is 15.9. The molecule has 2 amide bonds. The number of amides is 2. The van der Waals surface area contributed by atoms with Crippen molar-refractivity contribution in [2.75, 3.05) is 7.11 Å². The monoisotopic (exact) mass is 444 g/mol. The van der Waals surface area contributed by atoms with E-state index in [1.165, 1.54) is 5.56 Å². The first kappa shape index (κ1) is 24.1. The van der Waals surface area contributed by atoms with E-state index in [-0.39, 0.29) is 17.7 Å². The van der Waals surface area contributed by atoms with Crippen LogP contribution in [0.15, 0.2) is 78.9 Å². The minimum absolute atomic E-state index is 0.0786. The molecule has 3 rings (SSSR count). The molecule has 3 aromatic carbocycles. The van der Waals surface area contributed by atoms with Gasteiger partial charge in [-0.25, -0.2) is 0 Å². The van der Waals surface area contributed by atoms with E-state index in [0.717, 1.165) is 22.4 Å². The lowest BCUT2D eigenvalue weighted by Crippen LogP contribution is -2.44. The Labute approximate surface area is 196 Å². The molecule has 0 unspecified atom stereocenters. The van der Waals surface area contributed by atoms with Crippen LogP contribution in [0.2, 0.25) is 0 Å². The predicted molar refractivity (Wildman–Crippen MR) is 131 cm³/mol. The minimum atomic E-state index is -0.742. The van der Waals surface area contributed by atoms with E-state index in [0.29, 0.717) is 13.1 Å². The predicted octanol–water partition coefficient (Wildman–Crippen LogP) is 5.05. The van der Waals surface area contributed by atoms with E-state index in [2.05, 4.69) is 5.32 Å². The highest BCUT2D eigenvalue weighted by Crippen LogP contribution is 2.26. The summed E-state index contributed by atoms with van der Waals surface area (Å²) in [5.41, 5.74) is 3.89. The van der Waals surface area contributed by atoms with Gasteiger partial charge in [0, 0.05) is 19.0 Å². The Hall–Kier alpha value is -3.60. The number of nitrogens with zero attached hydrogens (tertiary/aromatic N) is 1. The van der Waals surface area contributed by atoms with Gasteiger partial charge in [0.05, 0.1) is 7.11 Å². The van der Waals surface area contributed by atoms with Crippen molar-refractivity contribution in [1.29, 1.82) is 0 Å². The molecular weight excluding hydrogens is 412 g/mol. The molecule has 0 heterocycles. The van der Waals surface area contributed by atoms with E-state index in [1.54, 1.807) is 12.0 Å². The molecule has 0 fully saturated rings. The fraction of sp³-hybridized carbons (Fsp3) is 0.286. The maximum atomic E-state index is 13.5. The summed E-state index contributed by atoms with van der Waals surface area (Å²) in [7, 11) is 1.62. The number of carbonyl (C=O) groups excluding carboxylic acids is 2. The Balaban J connectivity index is 1.91. The van der Waals surface area contributed by atoms with Gasteiger partial charge in [-0.3, -0.25) is 9.59 Å². The molecule has 33 heavy (non-hydrogen) atoms. The molecule has 3 aromatic rings. The van der Waals surface area contributed by atoms with Gasteiger partial charge in [-0.05, 0) is 35.7 Å². The highest BCUT2D eigenvalue weighted by atomic mass is 16.5. The number of hydrogen-bond acceptors (Lipinski definition) is 3. The third kappa shape index (κ3) is 6.45. The number of carbonyl (C=O) groups is 2. The fourth-order valence-electron chi connectivity index (χ4n) is 3.66. The Morgan fingerprint density at radius 1 is 0.879 bits per heavy atom. The lowest BCUT2D eigenvalue weighted by atomic mass is 10.0. The van der Waals surface area contributed by atoms with Gasteiger partial charge in [-0.2, -0.15) is 0 Å². The van der Waals surface area contributed by atoms with E-state index in [9.17, 15) is 9.59 Å². The fourth-order valence-corrected chi connectivity index (χ4v) is 3.66. The van der Waals surface area contributed by atoms with E-state index >= 15 is 0 Å². The van der Waals surface area contributed by atoms with Gasteiger partial charge >= 0.3 is 0 Å². The second kappa shape index (κ2) is 11.3. The smallest absolute Gasteiger partial charge is 0.247 e. The third-order valence-electron chi connectivity index (χ3n) is 5.55. The number of hydrogen-bond donors (Lipinski definition) is 1. The number of methoxy groups -OCH3 is 1. The van der Waals surface area contributed by atoms with Crippen molar-refractivity contribution in [3.63, 3.8) is 0 Å². The third-order valence-corrected chi connectivity index (χ3v) is 5.55. The highest BCUT2D eigenvalue weighted by Gasteiger charge is 2.32. The molecule has 1 N–H and O–H groups in total. The van der Waals surface area contributed by atoms with Crippen molar-refractivity contribution in [2.45, 2.75) is 39.9 Å². The van der Waals surface area contributed by atoms with Gasteiger partial charge in [0.2, 0.25) is 11.8 Å². The van der Waals surface area contributed by atoms with Gasteiger partial charge in [0.15, 0.2) is 0 Å². The molecule has 0 spiro atoms. The van der Waals surface area contributed by atoms with Gasteiger partial charge in [-0.1, -0.05) is 86.1 Å². The molecule has 0 aromatic heterocycles. The summed E-state index contributed by atoms with van der Waals surface area (Å²) in [6.07, 6.45) is 0. The number of ether oxygens (including phenoxy) is 1. The summed E-state index contributed by atoms with van der Waals surface area (Å²) in [5, 5.41) is 3.04. The Morgan fingerprint density at radius 3 is 2.06 bits per heavy atom. The molecule has 0 saturated heterocycles. The van der Waals surface area contributed by atoms with Crippen molar-refractivity contribution in [2.24, 2.45) is 5.92 Å². The molecule has 5 heteroatoms. The highest BCUT2D eigenvalue weighted by molar-refractivity contribution is 5.89. The van der Waals surface area contributed by atoms with E-state index in [4.69, 9.17) is 4.74 Å². The van der Waals surface area contributed by atoms with Crippen LogP contribution in [0.3, 0.4) is 0 Å². The number of benzene rings is 3. The van der Waals surface area contributed by atoms with Gasteiger partial charge in [-0.15, -0.1) is 0 Å². The zero-order chi connectivity index (χ0) is 23.8. The maximum Gasteiger partial charge on any atom is 0.247 e. The first-order valence-electron chi connectivity index (χ1n) is 11.2. The summed E-state index contributed by atoms with van der Waals surface area (Å²) in [5.74, 6) is 0.213. The van der Waals surface area contributed by atoms with Crippen molar-refractivity contribution in [1.82, 2.24) is 10.2 Å². The van der Waals surface area contributed by atoms with Crippen LogP contribution in [-0.4, -0.2) is 23.8 Å². The van der Waals surface area contributed by atoms with Gasteiger partial charge in [0.25, 0.3) is 0 Å². The molecule has 172 valence electrons. The summed E-state index contributed by atoms with van der Waals surface area (Å²) in [6, 6.07) is 24.3. The summed E-state index contributed by atoms with van der Waals surface area (Å²) in [4.78, 5) is 28.5. The topological polar surface area (TPSA) is 58.6 Å². The zero-order valence-corrected chi connectivity index (χ0v) is 19.7. The number of nitrogens with one attached hydrogen (secondary N) is 1. The van der Waals surface area contributed by atoms with Gasteiger partial charge < -0.3 is 15.0 Å². The van der Waals surface area contributed by atoms with Crippen LogP contribution in [0.4, 0.5) is 0 Å². The van der Waals surface area contributed by atoms with Crippen LogP contribution < -0.4 is 10.1 Å². The molecule has 0 radical (unpaired) electrons. The van der Waals surface area contributed by atoms with Crippen molar-refractivity contribution in [3.05, 3.63) is 101 Å². The summed E-state index contributed by atoms with van der Waals surface area (Å²) < 4.78 is 5.25. The second-order valence-corrected chi connectivity index (χ2v) is 8.49. The minimum Gasteiger partial charge on any atom is -0.497 e. The zero-order valence-electron chi connectivity index (χ0n) is 19.7. The molecular formula is C28H32N2O3. The molecule has 5 nitrogen and oxygen atoms in total. The van der Waals surface area contributed by atoms with Crippen LogP contribution in [0.1, 0.15) is 42.1 Å². The van der Waals surface area contributed by atoms with Crippen LogP contribution in [0.25, 0.3) is 0 Å². The molecule has 1 atom stereocenters.